The lowest BCUT2D eigenvalue weighted by molar-refractivity contribution is 0.0857. The molecular formula is C18H16BCl2NO3. The van der Waals surface area contributed by atoms with E-state index in [1.165, 1.54) is 0 Å². The highest BCUT2D eigenvalue weighted by molar-refractivity contribution is 6.62. The molecule has 25 heavy (non-hydrogen) atoms. The number of hydrogen-bond donors (Lipinski definition) is 1. The van der Waals surface area contributed by atoms with E-state index in [2.05, 4.69) is 5.16 Å². The minimum atomic E-state index is -0.887. The van der Waals surface area contributed by atoms with Gasteiger partial charge in [0.25, 0.3) is 0 Å². The lowest BCUT2D eigenvalue weighted by atomic mass is 9.77. The second-order valence-electron chi connectivity index (χ2n) is 6.82. The van der Waals surface area contributed by atoms with Crippen LogP contribution in [0, 0.1) is 0 Å². The Hall–Kier alpha value is -1.53. The van der Waals surface area contributed by atoms with Gasteiger partial charge >= 0.3 is 7.12 Å². The summed E-state index contributed by atoms with van der Waals surface area (Å²) in [5.41, 5.74) is 3.93. The highest BCUT2D eigenvalue weighted by Gasteiger charge is 2.41. The van der Waals surface area contributed by atoms with Gasteiger partial charge in [0.05, 0.1) is 11.3 Å². The van der Waals surface area contributed by atoms with Gasteiger partial charge in [-0.25, -0.2) is 0 Å². The predicted molar refractivity (Wildman–Crippen MR) is 99.6 cm³/mol. The number of hydrogen-bond acceptors (Lipinski definition) is 4. The SMILES string of the molecule is CC1(C)OB(O)c2ccc(C3=NOC(c4cc(Cl)cc(Cl)c4)C3)cc21. The summed E-state index contributed by atoms with van der Waals surface area (Å²) in [7, 11) is -0.887. The predicted octanol–water partition coefficient (Wildman–Crippen LogP) is 3.81. The fourth-order valence-electron chi connectivity index (χ4n) is 3.37. The van der Waals surface area contributed by atoms with E-state index < -0.39 is 12.7 Å². The fourth-order valence-corrected chi connectivity index (χ4v) is 3.91. The zero-order valence-electron chi connectivity index (χ0n) is 13.8. The number of halogens is 2. The molecular weight excluding hydrogens is 360 g/mol. The normalized spacial score (nSPS) is 21.1. The molecule has 2 aliphatic rings. The molecule has 4 rings (SSSR count). The maximum absolute atomic E-state index is 10.0. The number of fused-ring (bicyclic) bond motifs is 1. The van der Waals surface area contributed by atoms with Gasteiger partial charge in [0.1, 0.15) is 0 Å². The van der Waals surface area contributed by atoms with E-state index in [1.54, 1.807) is 6.07 Å². The molecule has 0 radical (unpaired) electrons. The van der Waals surface area contributed by atoms with E-state index in [0.717, 1.165) is 27.9 Å². The van der Waals surface area contributed by atoms with Crippen LogP contribution in [0.1, 0.15) is 43.1 Å². The molecule has 0 bridgehead atoms. The van der Waals surface area contributed by atoms with Crippen molar-refractivity contribution in [2.45, 2.75) is 32.0 Å². The molecule has 0 fully saturated rings. The van der Waals surface area contributed by atoms with Gasteiger partial charge in [0, 0.05) is 16.5 Å². The van der Waals surface area contributed by atoms with Crippen molar-refractivity contribution < 1.29 is 14.5 Å². The Kier molecular flexibility index (Phi) is 4.08. The molecule has 7 heteroatoms. The maximum Gasteiger partial charge on any atom is 0.492 e. The average molecular weight is 376 g/mol. The zero-order valence-corrected chi connectivity index (χ0v) is 15.3. The van der Waals surface area contributed by atoms with Crippen molar-refractivity contribution in [1.29, 1.82) is 0 Å². The van der Waals surface area contributed by atoms with Gasteiger partial charge < -0.3 is 14.5 Å². The van der Waals surface area contributed by atoms with Crippen LogP contribution in [0.15, 0.2) is 41.6 Å². The quantitative estimate of drug-likeness (QED) is 0.812. The highest BCUT2D eigenvalue weighted by Crippen LogP contribution is 2.35. The summed E-state index contributed by atoms with van der Waals surface area (Å²) < 4.78 is 5.61. The molecule has 1 unspecified atom stereocenters. The molecule has 1 N–H and O–H groups in total. The Morgan fingerprint density at radius 1 is 1.16 bits per heavy atom. The highest BCUT2D eigenvalue weighted by atomic mass is 35.5. The summed E-state index contributed by atoms with van der Waals surface area (Å²) in [6, 6.07) is 11.2. The first-order valence-corrected chi connectivity index (χ1v) is 8.78. The Bertz CT molecular complexity index is 864. The van der Waals surface area contributed by atoms with Crippen LogP contribution in [0.4, 0.5) is 0 Å². The smallest absolute Gasteiger partial charge is 0.423 e. The van der Waals surface area contributed by atoms with Gasteiger partial charge in [-0.15, -0.1) is 0 Å². The van der Waals surface area contributed by atoms with Gasteiger partial charge in [0.15, 0.2) is 6.10 Å². The Labute approximate surface area is 156 Å². The van der Waals surface area contributed by atoms with Gasteiger partial charge in [-0.05, 0) is 60.3 Å². The molecule has 2 aromatic rings. The van der Waals surface area contributed by atoms with Gasteiger partial charge in [-0.1, -0.05) is 40.5 Å². The summed E-state index contributed by atoms with van der Waals surface area (Å²) in [5.74, 6) is 0. The van der Waals surface area contributed by atoms with E-state index in [9.17, 15) is 5.02 Å². The molecule has 0 aromatic heterocycles. The zero-order chi connectivity index (χ0) is 17.8. The monoisotopic (exact) mass is 375 g/mol. The van der Waals surface area contributed by atoms with Crippen molar-refractivity contribution in [1.82, 2.24) is 0 Å². The first-order chi connectivity index (χ1) is 11.8. The third-order valence-electron chi connectivity index (χ3n) is 4.63. The number of nitrogens with zero attached hydrogens (tertiary/aromatic N) is 1. The van der Waals surface area contributed by atoms with Crippen molar-refractivity contribution in [3.05, 3.63) is 63.1 Å². The van der Waals surface area contributed by atoms with Crippen molar-refractivity contribution in [2.24, 2.45) is 5.16 Å². The summed E-state index contributed by atoms with van der Waals surface area (Å²) in [4.78, 5) is 5.60. The van der Waals surface area contributed by atoms with Crippen LogP contribution < -0.4 is 5.46 Å². The van der Waals surface area contributed by atoms with E-state index in [0.29, 0.717) is 16.5 Å². The van der Waals surface area contributed by atoms with E-state index in [4.69, 9.17) is 32.7 Å². The average Bonchev–Trinajstić information content (AvgIpc) is 3.10. The molecule has 4 nitrogen and oxygen atoms in total. The summed E-state index contributed by atoms with van der Waals surface area (Å²) in [5, 5.41) is 15.4. The van der Waals surface area contributed by atoms with Crippen LogP contribution in [0.5, 0.6) is 0 Å². The van der Waals surface area contributed by atoms with Gasteiger partial charge in [0.2, 0.25) is 0 Å². The van der Waals surface area contributed by atoms with Crippen molar-refractivity contribution in [2.75, 3.05) is 0 Å². The molecule has 0 saturated heterocycles. The molecule has 128 valence electrons. The third kappa shape index (κ3) is 3.06. The Morgan fingerprint density at radius 2 is 1.88 bits per heavy atom. The number of oxime groups is 1. The molecule has 0 spiro atoms. The van der Waals surface area contributed by atoms with Crippen LogP contribution in [0.2, 0.25) is 10.0 Å². The van der Waals surface area contributed by atoms with Gasteiger partial charge in [-0.3, -0.25) is 0 Å². The standard InChI is InChI=1S/C18H16BCl2NO3/c1-18(2)14-7-10(3-4-15(14)19(23)25-18)16-9-17(24-22-16)11-5-12(20)8-13(21)6-11/h3-8,17,23H,9H2,1-2H3. The topological polar surface area (TPSA) is 51.0 Å². The van der Waals surface area contributed by atoms with Crippen LogP contribution in [-0.4, -0.2) is 17.9 Å². The maximum atomic E-state index is 10.0. The van der Waals surface area contributed by atoms with E-state index in [1.807, 2.05) is 44.2 Å². The first kappa shape index (κ1) is 16.9. The lowest BCUT2D eigenvalue weighted by Gasteiger charge is -2.20. The van der Waals surface area contributed by atoms with Crippen molar-refractivity contribution in [3.63, 3.8) is 0 Å². The van der Waals surface area contributed by atoms with Crippen LogP contribution >= 0.6 is 23.2 Å². The minimum Gasteiger partial charge on any atom is -0.423 e. The first-order valence-electron chi connectivity index (χ1n) is 8.03. The number of rotatable bonds is 2. The molecule has 1 atom stereocenters. The van der Waals surface area contributed by atoms with E-state index >= 15 is 0 Å². The van der Waals surface area contributed by atoms with E-state index in [-0.39, 0.29) is 6.10 Å². The van der Waals surface area contributed by atoms with Crippen LogP contribution in [0.3, 0.4) is 0 Å². The largest absolute Gasteiger partial charge is 0.492 e. The lowest BCUT2D eigenvalue weighted by Crippen LogP contribution is -2.28. The van der Waals surface area contributed by atoms with Crippen molar-refractivity contribution >= 4 is 41.5 Å². The molecule has 2 aliphatic heterocycles. The van der Waals surface area contributed by atoms with Crippen molar-refractivity contribution in [3.8, 4) is 0 Å². The second kappa shape index (κ2) is 6.03. The Morgan fingerprint density at radius 3 is 2.60 bits per heavy atom. The summed E-state index contributed by atoms with van der Waals surface area (Å²) >= 11 is 12.2. The number of benzene rings is 2. The molecule has 0 saturated carbocycles. The fraction of sp³-hybridized carbons (Fsp3) is 0.278. The Balaban J connectivity index is 1.60. The second-order valence-corrected chi connectivity index (χ2v) is 7.69. The van der Waals surface area contributed by atoms with Crippen LogP contribution in [-0.2, 0) is 15.1 Å². The molecule has 0 aliphatic carbocycles. The molecule has 2 aromatic carbocycles. The molecule has 2 heterocycles. The summed E-state index contributed by atoms with van der Waals surface area (Å²) in [6.07, 6.45) is 0.411. The molecule has 0 amide bonds. The minimum absolute atomic E-state index is 0.214. The third-order valence-corrected chi connectivity index (χ3v) is 5.07. The van der Waals surface area contributed by atoms with Gasteiger partial charge in [-0.2, -0.15) is 0 Å². The van der Waals surface area contributed by atoms with Crippen LogP contribution in [0.25, 0.3) is 0 Å². The summed E-state index contributed by atoms with van der Waals surface area (Å²) in [6.45, 7) is 3.88.